The number of nitrogens with one attached hydrogen (secondary N) is 4. The number of benzene rings is 2. The van der Waals surface area contributed by atoms with Crippen molar-refractivity contribution in [3.05, 3.63) is 60.4 Å². The van der Waals surface area contributed by atoms with Gasteiger partial charge in [-0.25, -0.2) is 9.59 Å². The molecule has 1 aliphatic heterocycles. The van der Waals surface area contributed by atoms with Crippen molar-refractivity contribution in [2.45, 2.75) is 0 Å². The number of hydrogen-bond donors (Lipinski definition) is 5. The van der Waals surface area contributed by atoms with Gasteiger partial charge in [0, 0.05) is 11.4 Å². The summed E-state index contributed by atoms with van der Waals surface area (Å²) < 4.78 is 0. The summed E-state index contributed by atoms with van der Waals surface area (Å²) in [5.74, 6) is -0.376. The van der Waals surface area contributed by atoms with Gasteiger partial charge in [-0.15, -0.1) is 0 Å². The van der Waals surface area contributed by atoms with Crippen LogP contribution in [0.15, 0.2) is 54.9 Å². The number of aromatic carboxylic acids is 1. The average molecular weight is 310 g/mol. The van der Waals surface area contributed by atoms with Crippen LogP contribution in [-0.4, -0.2) is 17.1 Å². The Morgan fingerprint density at radius 1 is 0.957 bits per heavy atom. The Morgan fingerprint density at radius 3 is 2.39 bits per heavy atom. The van der Waals surface area contributed by atoms with Crippen molar-refractivity contribution in [3.63, 3.8) is 0 Å². The maximum absolute atomic E-state index is 12.0. The van der Waals surface area contributed by atoms with Gasteiger partial charge >= 0.3 is 12.0 Å². The van der Waals surface area contributed by atoms with Crippen LogP contribution in [0.2, 0.25) is 0 Å². The van der Waals surface area contributed by atoms with Crippen LogP contribution < -0.4 is 21.3 Å². The fraction of sp³-hybridized carbons (Fsp3) is 0. The second-order valence-electron chi connectivity index (χ2n) is 4.95. The maximum Gasteiger partial charge on any atom is 0.335 e. The molecule has 0 saturated carbocycles. The molecule has 5 N–H and O–H groups in total. The molecule has 23 heavy (non-hydrogen) atoms. The summed E-state index contributed by atoms with van der Waals surface area (Å²) in [4.78, 5) is 22.9. The van der Waals surface area contributed by atoms with Gasteiger partial charge in [-0.2, -0.15) is 0 Å². The molecular formula is C16H14N4O3. The van der Waals surface area contributed by atoms with E-state index in [0.29, 0.717) is 17.2 Å². The molecule has 1 aliphatic rings. The molecule has 2 aromatic carbocycles. The molecule has 0 atom stereocenters. The third-order valence-electron chi connectivity index (χ3n) is 3.22. The van der Waals surface area contributed by atoms with Gasteiger partial charge in [0.25, 0.3) is 0 Å². The number of amides is 2. The lowest BCUT2D eigenvalue weighted by Crippen LogP contribution is -2.19. The second-order valence-corrected chi connectivity index (χ2v) is 4.95. The lowest BCUT2D eigenvalue weighted by molar-refractivity contribution is 0.0697. The topological polar surface area (TPSA) is 102 Å². The lowest BCUT2D eigenvalue weighted by Gasteiger charge is -2.09. The quantitative estimate of drug-likeness (QED) is 0.598. The standard InChI is InChI=1S/C16H14N4O3/c1-9-17-13-6-5-12(8-14(13)18-9)20-16(23)19-11-4-2-3-10(7-11)15(21)22/h2-8,17-18H,1H2,(H,21,22)(H2,19,20,23). The van der Waals surface area contributed by atoms with E-state index in [1.54, 1.807) is 24.3 Å². The van der Waals surface area contributed by atoms with Crippen LogP contribution >= 0.6 is 0 Å². The maximum atomic E-state index is 12.0. The normalized spacial score (nSPS) is 11.9. The molecule has 0 radical (unpaired) electrons. The Hall–Kier alpha value is -3.48. The number of carbonyl (C=O) groups excluding carboxylic acids is 1. The lowest BCUT2D eigenvalue weighted by atomic mass is 10.2. The molecule has 0 bridgehead atoms. The summed E-state index contributed by atoms with van der Waals surface area (Å²) >= 11 is 0. The largest absolute Gasteiger partial charge is 0.478 e. The minimum atomic E-state index is -1.05. The first kappa shape index (κ1) is 14.5. The van der Waals surface area contributed by atoms with Crippen LogP contribution in [0.5, 0.6) is 0 Å². The number of rotatable bonds is 3. The zero-order chi connectivity index (χ0) is 16.4. The van der Waals surface area contributed by atoms with Gasteiger partial charge in [0.05, 0.1) is 16.9 Å². The van der Waals surface area contributed by atoms with Gasteiger partial charge in [-0.3, -0.25) is 0 Å². The van der Waals surface area contributed by atoms with Crippen LogP contribution in [0.1, 0.15) is 10.4 Å². The van der Waals surface area contributed by atoms with Gasteiger partial charge in [0.1, 0.15) is 5.82 Å². The minimum absolute atomic E-state index is 0.106. The number of anilines is 4. The smallest absolute Gasteiger partial charge is 0.335 e. The van der Waals surface area contributed by atoms with Crippen LogP contribution in [0.3, 0.4) is 0 Å². The molecule has 0 fully saturated rings. The van der Waals surface area contributed by atoms with E-state index in [2.05, 4.69) is 27.8 Å². The molecule has 0 spiro atoms. The highest BCUT2D eigenvalue weighted by atomic mass is 16.4. The van der Waals surface area contributed by atoms with Gasteiger partial charge < -0.3 is 26.4 Å². The summed E-state index contributed by atoms with van der Waals surface area (Å²) in [5, 5.41) is 20.3. The first-order valence-corrected chi connectivity index (χ1v) is 6.79. The van der Waals surface area contributed by atoms with E-state index in [0.717, 1.165) is 11.4 Å². The molecule has 2 amide bonds. The summed E-state index contributed by atoms with van der Waals surface area (Å²) in [6, 6.07) is 10.9. The van der Waals surface area contributed by atoms with Gasteiger partial charge in [-0.05, 0) is 36.4 Å². The molecule has 1 heterocycles. The van der Waals surface area contributed by atoms with E-state index in [4.69, 9.17) is 5.11 Å². The molecule has 116 valence electrons. The zero-order valence-electron chi connectivity index (χ0n) is 12.0. The first-order chi connectivity index (χ1) is 11.0. The predicted molar refractivity (Wildman–Crippen MR) is 88.9 cm³/mol. The van der Waals surface area contributed by atoms with E-state index >= 15 is 0 Å². The SMILES string of the molecule is C=C1Nc2ccc(NC(=O)Nc3cccc(C(=O)O)c3)cc2N1. The van der Waals surface area contributed by atoms with Gasteiger partial charge in [-0.1, -0.05) is 12.6 Å². The molecule has 7 heteroatoms. The van der Waals surface area contributed by atoms with E-state index in [1.807, 2.05) is 6.07 Å². The molecule has 7 nitrogen and oxygen atoms in total. The van der Waals surface area contributed by atoms with Crippen molar-refractivity contribution >= 4 is 34.7 Å². The third-order valence-corrected chi connectivity index (χ3v) is 3.22. The fourth-order valence-electron chi connectivity index (χ4n) is 2.21. The van der Waals surface area contributed by atoms with E-state index in [-0.39, 0.29) is 5.56 Å². The highest BCUT2D eigenvalue weighted by Gasteiger charge is 2.13. The highest BCUT2D eigenvalue weighted by molar-refractivity contribution is 6.01. The first-order valence-electron chi connectivity index (χ1n) is 6.79. The monoisotopic (exact) mass is 310 g/mol. The van der Waals surface area contributed by atoms with E-state index < -0.39 is 12.0 Å². The Morgan fingerprint density at radius 2 is 1.65 bits per heavy atom. The number of carboxylic acid groups (broad SMARTS) is 1. The molecule has 0 saturated heterocycles. The van der Waals surface area contributed by atoms with Crippen LogP contribution in [0, 0.1) is 0 Å². The number of fused-ring (bicyclic) bond motifs is 1. The second kappa shape index (κ2) is 5.72. The molecule has 2 aromatic rings. The number of urea groups is 1. The van der Waals surface area contributed by atoms with Crippen LogP contribution in [-0.2, 0) is 0 Å². The average Bonchev–Trinajstić information content (AvgIpc) is 2.86. The van der Waals surface area contributed by atoms with Crippen molar-refractivity contribution in [3.8, 4) is 0 Å². The number of carbonyl (C=O) groups is 2. The molecular weight excluding hydrogens is 296 g/mol. The Balaban J connectivity index is 1.68. The third kappa shape index (κ3) is 3.24. The summed E-state index contributed by atoms with van der Waals surface area (Å²) in [6.45, 7) is 3.77. The molecule has 0 aliphatic carbocycles. The molecule has 0 unspecified atom stereocenters. The number of hydrogen-bond acceptors (Lipinski definition) is 4. The van der Waals surface area contributed by atoms with Gasteiger partial charge in [0.15, 0.2) is 0 Å². The summed E-state index contributed by atoms with van der Waals surface area (Å²) in [6.07, 6.45) is 0. The van der Waals surface area contributed by atoms with Gasteiger partial charge in [0.2, 0.25) is 0 Å². The highest BCUT2D eigenvalue weighted by Crippen LogP contribution is 2.32. The van der Waals surface area contributed by atoms with E-state index in [9.17, 15) is 9.59 Å². The number of carboxylic acids is 1. The van der Waals surface area contributed by atoms with E-state index in [1.165, 1.54) is 12.1 Å². The summed E-state index contributed by atoms with van der Waals surface area (Å²) in [7, 11) is 0. The van der Waals surface area contributed by atoms with Crippen molar-refractivity contribution in [2.24, 2.45) is 0 Å². The van der Waals surface area contributed by atoms with Crippen LogP contribution in [0.4, 0.5) is 27.5 Å². The summed E-state index contributed by atoms with van der Waals surface area (Å²) in [5.41, 5.74) is 2.81. The Bertz CT molecular complexity index is 817. The Kier molecular flexibility index (Phi) is 3.60. The van der Waals surface area contributed by atoms with Crippen LogP contribution in [0.25, 0.3) is 0 Å². The van der Waals surface area contributed by atoms with Crippen molar-refractivity contribution in [2.75, 3.05) is 21.3 Å². The predicted octanol–water partition coefficient (Wildman–Crippen LogP) is 3.34. The zero-order valence-corrected chi connectivity index (χ0v) is 12.0. The fourth-order valence-corrected chi connectivity index (χ4v) is 2.21. The van der Waals surface area contributed by atoms with Crippen molar-refractivity contribution < 1.29 is 14.7 Å². The molecule has 3 rings (SSSR count). The Labute approximate surface area is 132 Å². The minimum Gasteiger partial charge on any atom is -0.478 e. The van der Waals surface area contributed by atoms with Crippen molar-refractivity contribution in [1.82, 2.24) is 0 Å². The van der Waals surface area contributed by atoms with Crippen molar-refractivity contribution in [1.29, 1.82) is 0 Å². The molecule has 0 aromatic heterocycles.